The van der Waals surface area contributed by atoms with Crippen molar-refractivity contribution < 1.29 is 4.79 Å². The number of hydrogen-bond acceptors (Lipinski definition) is 1. The molecule has 1 nitrogen and oxygen atoms in total. The molecule has 1 fully saturated rings. The van der Waals surface area contributed by atoms with E-state index in [-0.39, 0.29) is 11.7 Å². The second kappa shape index (κ2) is 3.21. The van der Waals surface area contributed by atoms with Crippen molar-refractivity contribution >= 4 is 5.78 Å². The monoisotopic (exact) mass is 152 g/mol. The number of carbonyl (C=O) groups is 1. The van der Waals surface area contributed by atoms with E-state index in [1.165, 1.54) is 18.4 Å². The standard InChI is InChI=1S/C10H16O/c1-7(2)10(11)6-8(3)9-4-5-9/h6-7,9H,4-5H2,1-3H3/b8-6-. The van der Waals surface area contributed by atoms with Gasteiger partial charge in [-0.1, -0.05) is 19.4 Å². The Labute approximate surface area is 68.5 Å². The maximum atomic E-state index is 11.2. The fraction of sp³-hybridized carbons (Fsp3) is 0.700. The molecule has 1 aliphatic rings. The summed E-state index contributed by atoms with van der Waals surface area (Å²) < 4.78 is 0. The number of allylic oxidation sites excluding steroid dienone is 2. The highest BCUT2D eigenvalue weighted by atomic mass is 16.1. The van der Waals surface area contributed by atoms with Crippen LogP contribution in [0.15, 0.2) is 11.6 Å². The van der Waals surface area contributed by atoms with Crippen molar-refractivity contribution in [2.75, 3.05) is 0 Å². The highest BCUT2D eigenvalue weighted by Crippen LogP contribution is 2.36. The molecule has 0 spiro atoms. The third-order valence-corrected chi connectivity index (χ3v) is 2.16. The van der Waals surface area contributed by atoms with Gasteiger partial charge in [0.05, 0.1) is 0 Å². The fourth-order valence-corrected chi connectivity index (χ4v) is 1.05. The molecule has 0 heterocycles. The zero-order valence-corrected chi connectivity index (χ0v) is 7.55. The molecule has 11 heavy (non-hydrogen) atoms. The first-order valence-corrected chi connectivity index (χ1v) is 4.33. The average Bonchev–Trinajstić information content (AvgIpc) is 2.67. The van der Waals surface area contributed by atoms with Crippen LogP contribution in [0.5, 0.6) is 0 Å². The van der Waals surface area contributed by atoms with Crippen molar-refractivity contribution in [2.45, 2.75) is 33.6 Å². The first kappa shape index (κ1) is 8.51. The van der Waals surface area contributed by atoms with Gasteiger partial charge in [0.2, 0.25) is 0 Å². The molecule has 0 aromatic heterocycles. The summed E-state index contributed by atoms with van der Waals surface area (Å²) in [5.41, 5.74) is 1.28. The second-order valence-corrected chi connectivity index (χ2v) is 3.72. The molecule has 0 bridgehead atoms. The van der Waals surface area contributed by atoms with Crippen LogP contribution in [0.4, 0.5) is 0 Å². The van der Waals surface area contributed by atoms with Gasteiger partial charge in [-0.05, 0) is 31.8 Å². The normalized spacial score (nSPS) is 19.1. The van der Waals surface area contributed by atoms with E-state index in [1.807, 2.05) is 19.9 Å². The van der Waals surface area contributed by atoms with Crippen molar-refractivity contribution in [3.05, 3.63) is 11.6 Å². The predicted octanol–water partition coefficient (Wildman–Crippen LogP) is 2.57. The Morgan fingerprint density at radius 3 is 2.36 bits per heavy atom. The molecule has 62 valence electrons. The highest BCUT2D eigenvalue weighted by Gasteiger charge is 2.23. The van der Waals surface area contributed by atoms with Crippen LogP contribution in [0.3, 0.4) is 0 Å². The summed E-state index contributed by atoms with van der Waals surface area (Å²) >= 11 is 0. The Hall–Kier alpha value is -0.590. The molecule has 0 unspecified atom stereocenters. The quantitative estimate of drug-likeness (QED) is 0.568. The molecule has 0 atom stereocenters. The first-order valence-electron chi connectivity index (χ1n) is 4.33. The van der Waals surface area contributed by atoms with E-state index in [4.69, 9.17) is 0 Å². The van der Waals surface area contributed by atoms with E-state index in [0.717, 1.165) is 5.92 Å². The molecular weight excluding hydrogens is 136 g/mol. The maximum absolute atomic E-state index is 11.2. The molecule has 1 rings (SSSR count). The van der Waals surface area contributed by atoms with Crippen LogP contribution < -0.4 is 0 Å². The van der Waals surface area contributed by atoms with Gasteiger partial charge in [0.1, 0.15) is 0 Å². The van der Waals surface area contributed by atoms with Gasteiger partial charge in [-0.25, -0.2) is 0 Å². The van der Waals surface area contributed by atoms with Gasteiger partial charge < -0.3 is 0 Å². The van der Waals surface area contributed by atoms with Crippen molar-refractivity contribution in [3.8, 4) is 0 Å². The summed E-state index contributed by atoms with van der Waals surface area (Å²) in [6, 6.07) is 0. The largest absolute Gasteiger partial charge is 0.295 e. The zero-order valence-electron chi connectivity index (χ0n) is 7.55. The van der Waals surface area contributed by atoms with Gasteiger partial charge in [0.25, 0.3) is 0 Å². The molecule has 0 amide bonds. The Balaban J connectivity index is 2.48. The Bertz CT molecular complexity index is 185. The number of rotatable bonds is 3. The van der Waals surface area contributed by atoms with Crippen LogP contribution in [0.1, 0.15) is 33.6 Å². The molecule has 1 aliphatic carbocycles. The van der Waals surface area contributed by atoms with E-state index >= 15 is 0 Å². The lowest BCUT2D eigenvalue weighted by atomic mass is 10.0. The zero-order chi connectivity index (χ0) is 8.43. The summed E-state index contributed by atoms with van der Waals surface area (Å²) in [6.45, 7) is 5.95. The summed E-state index contributed by atoms with van der Waals surface area (Å²) in [6.07, 6.45) is 4.39. The number of ketones is 1. The van der Waals surface area contributed by atoms with Crippen LogP contribution in [0, 0.1) is 11.8 Å². The van der Waals surface area contributed by atoms with E-state index < -0.39 is 0 Å². The lowest BCUT2D eigenvalue weighted by Crippen LogP contribution is -2.03. The maximum Gasteiger partial charge on any atom is 0.158 e. The summed E-state index contributed by atoms with van der Waals surface area (Å²) in [4.78, 5) is 11.2. The van der Waals surface area contributed by atoms with Gasteiger partial charge in [-0.15, -0.1) is 0 Å². The average molecular weight is 152 g/mol. The molecule has 0 aliphatic heterocycles. The SMILES string of the molecule is C/C(=C/C(=O)C(C)C)C1CC1. The van der Waals surface area contributed by atoms with E-state index in [1.54, 1.807) is 0 Å². The predicted molar refractivity (Wildman–Crippen MR) is 46.3 cm³/mol. The van der Waals surface area contributed by atoms with Gasteiger partial charge >= 0.3 is 0 Å². The van der Waals surface area contributed by atoms with Crippen molar-refractivity contribution in [3.63, 3.8) is 0 Å². The minimum atomic E-state index is 0.156. The van der Waals surface area contributed by atoms with Crippen molar-refractivity contribution in [1.82, 2.24) is 0 Å². The molecule has 0 saturated heterocycles. The number of hydrogen-bond donors (Lipinski definition) is 0. The fourth-order valence-electron chi connectivity index (χ4n) is 1.05. The van der Waals surface area contributed by atoms with Gasteiger partial charge in [-0.3, -0.25) is 4.79 Å². The second-order valence-electron chi connectivity index (χ2n) is 3.72. The van der Waals surface area contributed by atoms with Crippen LogP contribution in [0.2, 0.25) is 0 Å². The molecule has 0 aromatic rings. The summed E-state index contributed by atoms with van der Waals surface area (Å²) in [5.74, 6) is 1.16. The molecule has 0 radical (unpaired) electrons. The van der Waals surface area contributed by atoms with Gasteiger partial charge in [-0.2, -0.15) is 0 Å². The Morgan fingerprint density at radius 1 is 1.45 bits per heavy atom. The molecule has 0 N–H and O–H groups in total. The van der Waals surface area contributed by atoms with E-state index in [2.05, 4.69) is 6.92 Å². The lowest BCUT2D eigenvalue weighted by Gasteiger charge is -1.99. The molecule has 1 saturated carbocycles. The van der Waals surface area contributed by atoms with Crippen LogP contribution in [-0.2, 0) is 4.79 Å². The summed E-state index contributed by atoms with van der Waals surface area (Å²) in [5, 5.41) is 0. The van der Waals surface area contributed by atoms with Gasteiger partial charge in [0.15, 0.2) is 5.78 Å². The number of carbonyl (C=O) groups excluding carboxylic acids is 1. The molecule has 1 heteroatoms. The third-order valence-electron chi connectivity index (χ3n) is 2.16. The Kier molecular flexibility index (Phi) is 2.48. The van der Waals surface area contributed by atoms with Crippen LogP contribution in [0.25, 0.3) is 0 Å². The smallest absolute Gasteiger partial charge is 0.158 e. The summed E-state index contributed by atoms with van der Waals surface area (Å²) in [7, 11) is 0. The van der Waals surface area contributed by atoms with Crippen LogP contribution in [-0.4, -0.2) is 5.78 Å². The van der Waals surface area contributed by atoms with E-state index in [0.29, 0.717) is 0 Å². The first-order chi connectivity index (χ1) is 5.11. The minimum absolute atomic E-state index is 0.156. The van der Waals surface area contributed by atoms with Gasteiger partial charge in [0, 0.05) is 5.92 Å². The van der Waals surface area contributed by atoms with Crippen molar-refractivity contribution in [1.29, 1.82) is 0 Å². The van der Waals surface area contributed by atoms with Crippen LogP contribution >= 0.6 is 0 Å². The van der Waals surface area contributed by atoms with Crippen molar-refractivity contribution in [2.24, 2.45) is 11.8 Å². The third kappa shape index (κ3) is 2.49. The topological polar surface area (TPSA) is 17.1 Å². The lowest BCUT2D eigenvalue weighted by molar-refractivity contribution is -0.117. The molecule has 0 aromatic carbocycles. The molecular formula is C10H16O. The highest BCUT2D eigenvalue weighted by molar-refractivity contribution is 5.91. The minimum Gasteiger partial charge on any atom is -0.295 e. The van der Waals surface area contributed by atoms with E-state index in [9.17, 15) is 4.79 Å². The Morgan fingerprint density at radius 2 is 2.00 bits per heavy atom.